The molecule has 84 valence electrons. The van der Waals surface area contributed by atoms with Crippen molar-refractivity contribution in [1.29, 1.82) is 0 Å². The van der Waals surface area contributed by atoms with Gasteiger partial charge >= 0.3 is 0 Å². The fourth-order valence-electron chi connectivity index (χ4n) is 1.61. The highest BCUT2D eigenvalue weighted by Crippen LogP contribution is 2.19. The Balaban J connectivity index is 2.40. The second kappa shape index (κ2) is 4.68. The molecule has 3 nitrogen and oxygen atoms in total. The Morgan fingerprint density at radius 2 is 2.06 bits per heavy atom. The van der Waals surface area contributed by atoms with Crippen LogP contribution in [0.25, 0.3) is 5.69 Å². The molecule has 16 heavy (non-hydrogen) atoms. The number of nitrogens with zero attached hydrogens (tertiary/aromatic N) is 2. The third kappa shape index (κ3) is 2.10. The summed E-state index contributed by atoms with van der Waals surface area (Å²) in [5, 5.41) is 0.734. The first-order valence-electron chi connectivity index (χ1n) is 5.20. The van der Waals surface area contributed by atoms with Gasteiger partial charge in [0.2, 0.25) is 0 Å². The molecule has 0 bridgehead atoms. The summed E-state index contributed by atoms with van der Waals surface area (Å²) in [4.78, 5) is 4.16. The number of hydrogen-bond donors (Lipinski definition) is 1. The molecule has 0 radical (unpaired) electrons. The lowest BCUT2D eigenvalue weighted by Gasteiger charge is -2.12. The molecule has 4 heteroatoms. The zero-order valence-corrected chi connectivity index (χ0v) is 9.85. The topological polar surface area (TPSA) is 43.8 Å². The van der Waals surface area contributed by atoms with E-state index in [1.54, 1.807) is 6.33 Å². The van der Waals surface area contributed by atoms with Crippen LogP contribution in [-0.4, -0.2) is 16.1 Å². The van der Waals surface area contributed by atoms with Gasteiger partial charge in [0.15, 0.2) is 0 Å². The maximum Gasteiger partial charge on any atom is 0.0994 e. The lowest BCUT2D eigenvalue weighted by molar-refractivity contribution is 0.723. The molecule has 2 rings (SSSR count). The number of hydrogen-bond acceptors (Lipinski definition) is 2. The molecule has 2 N–H and O–H groups in total. The normalized spacial score (nSPS) is 12.7. The number of aromatic nitrogens is 2. The molecular weight excluding hydrogens is 222 g/mol. The zero-order chi connectivity index (χ0) is 11.5. The molecule has 0 aliphatic rings. The Kier molecular flexibility index (Phi) is 3.27. The third-order valence-electron chi connectivity index (χ3n) is 2.63. The number of nitrogens with two attached hydrogens (primary N) is 1. The van der Waals surface area contributed by atoms with Gasteiger partial charge in [0.25, 0.3) is 0 Å². The molecule has 1 atom stereocenters. The minimum atomic E-state index is 0.290. The third-order valence-corrected chi connectivity index (χ3v) is 2.88. The Bertz CT molecular complexity index is 461. The smallest absolute Gasteiger partial charge is 0.0994 e. The molecule has 1 unspecified atom stereocenters. The Morgan fingerprint density at radius 1 is 1.38 bits per heavy atom. The van der Waals surface area contributed by atoms with E-state index in [4.69, 9.17) is 17.3 Å². The molecule has 1 aromatic heterocycles. The van der Waals surface area contributed by atoms with Crippen LogP contribution < -0.4 is 5.73 Å². The van der Waals surface area contributed by atoms with Crippen molar-refractivity contribution >= 4 is 11.6 Å². The van der Waals surface area contributed by atoms with E-state index in [0.717, 1.165) is 16.4 Å². The largest absolute Gasteiger partial charge is 0.330 e. The number of halogens is 1. The van der Waals surface area contributed by atoms with Crippen LogP contribution in [0.15, 0.2) is 36.8 Å². The summed E-state index contributed by atoms with van der Waals surface area (Å²) in [6.07, 6.45) is 3.65. The van der Waals surface area contributed by atoms with Crippen LogP contribution in [0.3, 0.4) is 0 Å². The van der Waals surface area contributed by atoms with Crippen LogP contribution >= 0.6 is 11.6 Å². The van der Waals surface area contributed by atoms with Crippen molar-refractivity contribution in [3.05, 3.63) is 47.5 Å². The van der Waals surface area contributed by atoms with Crippen LogP contribution in [0, 0.1) is 0 Å². The number of imidazole rings is 1. The fourth-order valence-corrected chi connectivity index (χ4v) is 1.73. The highest BCUT2D eigenvalue weighted by Gasteiger charge is 2.10. The van der Waals surface area contributed by atoms with Crippen molar-refractivity contribution in [2.75, 3.05) is 6.54 Å². The predicted molar refractivity (Wildman–Crippen MR) is 66.0 cm³/mol. The van der Waals surface area contributed by atoms with E-state index in [9.17, 15) is 0 Å². The molecule has 0 aliphatic heterocycles. The average Bonchev–Trinajstić information content (AvgIpc) is 2.78. The predicted octanol–water partition coefficient (Wildman–Crippen LogP) is 2.59. The summed E-state index contributed by atoms with van der Waals surface area (Å²) in [6.45, 7) is 2.70. The van der Waals surface area contributed by atoms with Crippen molar-refractivity contribution < 1.29 is 0 Å². The van der Waals surface area contributed by atoms with Gasteiger partial charge < -0.3 is 10.3 Å². The van der Waals surface area contributed by atoms with E-state index in [1.165, 1.54) is 0 Å². The zero-order valence-electron chi connectivity index (χ0n) is 9.10. The summed E-state index contributed by atoms with van der Waals surface area (Å²) in [5.74, 6) is 0.290. The van der Waals surface area contributed by atoms with E-state index in [2.05, 4.69) is 11.9 Å². The summed E-state index contributed by atoms with van der Waals surface area (Å²) in [5.41, 5.74) is 7.84. The van der Waals surface area contributed by atoms with Gasteiger partial charge in [-0.2, -0.15) is 0 Å². The Labute approximate surface area is 99.9 Å². The van der Waals surface area contributed by atoms with Gasteiger partial charge in [-0.1, -0.05) is 18.5 Å². The van der Waals surface area contributed by atoms with Crippen molar-refractivity contribution in [2.24, 2.45) is 5.73 Å². The van der Waals surface area contributed by atoms with Crippen LogP contribution in [-0.2, 0) is 0 Å². The van der Waals surface area contributed by atoms with Crippen LogP contribution in [0.4, 0.5) is 0 Å². The monoisotopic (exact) mass is 235 g/mol. The van der Waals surface area contributed by atoms with Crippen molar-refractivity contribution in [3.63, 3.8) is 0 Å². The minimum absolute atomic E-state index is 0.290. The second-order valence-corrected chi connectivity index (χ2v) is 4.24. The van der Waals surface area contributed by atoms with Gasteiger partial charge in [-0.3, -0.25) is 0 Å². The van der Waals surface area contributed by atoms with Gasteiger partial charge in [-0.25, -0.2) is 4.98 Å². The first kappa shape index (κ1) is 11.2. The Morgan fingerprint density at radius 3 is 2.69 bits per heavy atom. The molecule has 0 aliphatic carbocycles. The van der Waals surface area contributed by atoms with Crippen LogP contribution in [0.2, 0.25) is 5.02 Å². The highest BCUT2D eigenvalue weighted by molar-refractivity contribution is 6.30. The molecular formula is C12H14ClN3. The number of benzene rings is 1. The molecule has 2 aromatic rings. The molecule has 1 aromatic carbocycles. The summed E-state index contributed by atoms with van der Waals surface area (Å²) < 4.78 is 2.04. The van der Waals surface area contributed by atoms with Gasteiger partial charge in [-0.05, 0) is 24.3 Å². The second-order valence-electron chi connectivity index (χ2n) is 3.80. The lowest BCUT2D eigenvalue weighted by atomic mass is 10.1. The van der Waals surface area contributed by atoms with E-state index < -0.39 is 0 Å². The average molecular weight is 236 g/mol. The molecule has 0 amide bonds. The van der Waals surface area contributed by atoms with Gasteiger partial charge in [-0.15, -0.1) is 0 Å². The van der Waals surface area contributed by atoms with Crippen molar-refractivity contribution in [2.45, 2.75) is 12.8 Å². The summed E-state index contributed by atoms with van der Waals surface area (Å²) >= 11 is 5.86. The van der Waals surface area contributed by atoms with E-state index in [-0.39, 0.29) is 5.92 Å². The molecule has 0 saturated carbocycles. The van der Waals surface area contributed by atoms with Crippen molar-refractivity contribution in [3.8, 4) is 5.69 Å². The van der Waals surface area contributed by atoms with E-state index >= 15 is 0 Å². The first-order chi connectivity index (χ1) is 7.72. The number of rotatable bonds is 3. The highest BCUT2D eigenvalue weighted by atomic mass is 35.5. The molecule has 0 spiro atoms. The standard InChI is InChI=1S/C12H14ClN3/c1-9(6-14)12-7-15-8-16(12)11-4-2-10(13)3-5-11/h2-5,7-9H,6,14H2,1H3. The van der Waals surface area contributed by atoms with E-state index in [0.29, 0.717) is 6.54 Å². The molecule has 0 saturated heterocycles. The summed E-state index contributed by atoms with van der Waals surface area (Å²) in [7, 11) is 0. The van der Waals surface area contributed by atoms with E-state index in [1.807, 2.05) is 35.0 Å². The summed E-state index contributed by atoms with van der Waals surface area (Å²) in [6, 6.07) is 7.68. The maximum absolute atomic E-state index is 5.86. The van der Waals surface area contributed by atoms with Crippen LogP contribution in [0.5, 0.6) is 0 Å². The van der Waals surface area contributed by atoms with Gasteiger partial charge in [0.1, 0.15) is 0 Å². The Hall–Kier alpha value is -1.32. The van der Waals surface area contributed by atoms with Crippen molar-refractivity contribution in [1.82, 2.24) is 9.55 Å². The molecule has 1 heterocycles. The molecule has 0 fully saturated rings. The maximum atomic E-state index is 5.86. The van der Waals surface area contributed by atoms with Crippen LogP contribution in [0.1, 0.15) is 18.5 Å². The fraction of sp³-hybridized carbons (Fsp3) is 0.250. The first-order valence-corrected chi connectivity index (χ1v) is 5.58. The van der Waals surface area contributed by atoms with Gasteiger partial charge in [0.05, 0.1) is 6.33 Å². The SMILES string of the molecule is CC(CN)c1cncn1-c1ccc(Cl)cc1. The lowest BCUT2D eigenvalue weighted by Crippen LogP contribution is -2.12. The van der Waals surface area contributed by atoms with Gasteiger partial charge in [0, 0.05) is 35.1 Å². The minimum Gasteiger partial charge on any atom is -0.330 e. The quantitative estimate of drug-likeness (QED) is 0.889.